The highest BCUT2D eigenvalue weighted by Gasteiger charge is 2.20. The van der Waals surface area contributed by atoms with E-state index < -0.39 is 18.0 Å². The summed E-state index contributed by atoms with van der Waals surface area (Å²) in [5.74, 6) is -1.24. The van der Waals surface area contributed by atoms with Crippen molar-refractivity contribution < 1.29 is 19.1 Å². The summed E-state index contributed by atoms with van der Waals surface area (Å²) < 4.78 is 5.15. The molecular formula is C19H18ClNO4. The number of hydrogen-bond acceptors (Lipinski definition) is 4. The Labute approximate surface area is 150 Å². The van der Waals surface area contributed by atoms with Gasteiger partial charge in [0.25, 0.3) is 5.91 Å². The molecule has 0 aliphatic heterocycles. The average molecular weight is 360 g/mol. The number of carbonyl (C=O) groups excluding carboxylic acids is 3. The van der Waals surface area contributed by atoms with Gasteiger partial charge in [-0.15, -0.1) is 0 Å². The number of ketones is 1. The molecule has 25 heavy (non-hydrogen) atoms. The number of esters is 1. The van der Waals surface area contributed by atoms with Gasteiger partial charge in [-0.3, -0.25) is 14.4 Å². The van der Waals surface area contributed by atoms with E-state index in [4.69, 9.17) is 16.3 Å². The van der Waals surface area contributed by atoms with Crippen molar-refractivity contribution in [3.63, 3.8) is 0 Å². The second-order valence-corrected chi connectivity index (χ2v) is 5.90. The van der Waals surface area contributed by atoms with E-state index in [1.54, 1.807) is 48.5 Å². The molecule has 0 heterocycles. The number of anilines is 1. The summed E-state index contributed by atoms with van der Waals surface area (Å²) in [7, 11) is 0. The molecule has 2 rings (SSSR count). The minimum absolute atomic E-state index is 0.0265. The lowest BCUT2D eigenvalue weighted by Gasteiger charge is -2.15. The third-order valence-corrected chi connectivity index (χ3v) is 3.90. The minimum Gasteiger partial charge on any atom is -0.452 e. The normalized spacial score (nSPS) is 11.5. The molecule has 1 atom stereocenters. The molecule has 0 aromatic heterocycles. The number of ether oxygens (including phenoxy) is 1. The number of para-hydroxylation sites is 1. The SMILES string of the molecule is CC(=O)c1ccccc1NC(=O)[C@@H](C)OC(=O)Cc1ccccc1Cl. The Morgan fingerprint density at radius 3 is 2.40 bits per heavy atom. The molecule has 0 radical (unpaired) electrons. The molecule has 2 aromatic rings. The number of halogens is 1. The minimum atomic E-state index is -1.00. The number of carbonyl (C=O) groups is 3. The molecule has 0 bridgehead atoms. The van der Waals surface area contributed by atoms with Gasteiger partial charge in [0.15, 0.2) is 11.9 Å². The molecule has 1 N–H and O–H groups in total. The van der Waals surface area contributed by atoms with Gasteiger partial charge in [-0.1, -0.05) is 41.9 Å². The van der Waals surface area contributed by atoms with Crippen LogP contribution in [0.5, 0.6) is 0 Å². The summed E-state index contributed by atoms with van der Waals surface area (Å²) in [5.41, 5.74) is 1.41. The van der Waals surface area contributed by atoms with Crippen LogP contribution < -0.4 is 5.32 Å². The summed E-state index contributed by atoms with van der Waals surface area (Å²) in [6, 6.07) is 13.6. The number of amides is 1. The van der Waals surface area contributed by atoms with Crippen molar-refractivity contribution in [3.8, 4) is 0 Å². The molecule has 0 unspecified atom stereocenters. The Kier molecular flexibility index (Phi) is 6.31. The largest absolute Gasteiger partial charge is 0.452 e. The number of Topliss-reactive ketones (excluding diaryl/α,β-unsaturated/α-hetero) is 1. The zero-order valence-electron chi connectivity index (χ0n) is 13.9. The molecule has 0 aliphatic carbocycles. The van der Waals surface area contributed by atoms with Crippen LogP contribution in [0.4, 0.5) is 5.69 Å². The number of rotatable bonds is 6. The van der Waals surface area contributed by atoms with Crippen LogP contribution in [0.2, 0.25) is 5.02 Å². The first-order valence-corrected chi connectivity index (χ1v) is 8.10. The molecule has 1 amide bonds. The van der Waals surface area contributed by atoms with Gasteiger partial charge in [0, 0.05) is 10.6 Å². The number of hydrogen-bond donors (Lipinski definition) is 1. The van der Waals surface area contributed by atoms with Crippen LogP contribution in [-0.2, 0) is 20.7 Å². The van der Waals surface area contributed by atoms with E-state index in [0.717, 1.165) is 0 Å². The van der Waals surface area contributed by atoms with Gasteiger partial charge >= 0.3 is 5.97 Å². The molecule has 0 saturated heterocycles. The van der Waals surface area contributed by atoms with Crippen LogP contribution in [0.3, 0.4) is 0 Å². The lowest BCUT2D eigenvalue weighted by molar-refractivity contribution is -0.152. The first-order valence-electron chi connectivity index (χ1n) is 7.72. The standard InChI is InChI=1S/C19H18ClNO4/c1-12(22)15-8-4-6-10-17(15)21-19(24)13(2)25-18(23)11-14-7-3-5-9-16(14)20/h3-10,13H,11H2,1-2H3,(H,21,24)/t13-/m1/s1. The Morgan fingerprint density at radius 1 is 1.08 bits per heavy atom. The van der Waals surface area contributed by atoms with Crippen molar-refractivity contribution in [2.45, 2.75) is 26.4 Å². The molecular weight excluding hydrogens is 342 g/mol. The first kappa shape index (κ1) is 18.7. The fourth-order valence-corrected chi connectivity index (χ4v) is 2.43. The van der Waals surface area contributed by atoms with E-state index in [9.17, 15) is 14.4 Å². The van der Waals surface area contributed by atoms with Crippen LogP contribution in [0.15, 0.2) is 48.5 Å². The topological polar surface area (TPSA) is 72.5 Å². The predicted molar refractivity (Wildman–Crippen MR) is 95.8 cm³/mol. The second-order valence-electron chi connectivity index (χ2n) is 5.49. The van der Waals surface area contributed by atoms with Crippen LogP contribution >= 0.6 is 11.6 Å². The summed E-state index contributed by atoms with van der Waals surface area (Å²) in [4.78, 5) is 35.8. The van der Waals surface area contributed by atoms with Gasteiger partial charge in [-0.25, -0.2) is 0 Å². The van der Waals surface area contributed by atoms with E-state index in [1.807, 2.05) is 0 Å². The molecule has 0 aliphatic rings. The van der Waals surface area contributed by atoms with Crippen LogP contribution in [-0.4, -0.2) is 23.8 Å². The fourth-order valence-electron chi connectivity index (χ4n) is 2.22. The fraction of sp³-hybridized carbons (Fsp3) is 0.211. The highest BCUT2D eigenvalue weighted by molar-refractivity contribution is 6.31. The third kappa shape index (κ3) is 5.16. The van der Waals surface area contributed by atoms with Crippen molar-refractivity contribution in [1.82, 2.24) is 0 Å². The average Bonchev–Trinajstić information content (AvgIpc) is 2.57. The van der Waals surface area contributed by atoms with E-state index in [1.165, 1.54) is 13.8 Å². The summed E-state index contributed by atoms with van der Waals surface area (Å²) >= 11 is 6.00. The molecule has 6 heteroatoms. The molecule has 0 saturated carbocycles. The van der Waals surface area contributed by atoms with E-state index in [2.05, 4.69) is 5.32 Å². The smallest absolute Gasteiger partial charge is 0.311 e. The quantitative estimate of drug-likeness (QED) is 0.631. The maximum atomic E-state index is 12.2. The zero-order valence-corrected chi connectivity index (χ0v) is 14.7. The van der Waals surface area contributed by atoms with Gasteiger partial charge in [-0.05, 0) is 37.6 Å². The van der Waals surface area contributed by atoms with Gasteiger partial charge in [0.2, 0.25) is 0 Å². The number of benzene rings is 2. The van der Waals surface area contributed by atoms with E-state index in [-0.39, 0.29) is 12.2 Å². The highest BCUT2D eigenvalue weighted by atomic mass is 35.5. The van der Waals surface area contributed by atoms with Gasteiger partial charge in [0.1, 0.15) is 0 Å². The maximum absolute atomic E-state index is 12.2. The third-order valence-electron chi connectivity index (χ3n) is 3.53. The zero-order chi connectivity index (χ0) is 18.4. The summed E-state index contributed by atoms with van der Waals surface area (Å²) in [6.07, 6.45) is -1.03. The number of nitrogens with one attached hydrogen (secondary N) is 1. The van der Waals surface area contributed by atoms with Crippen molar-refractivity contribution in [3.05, 3.63) is 64.7 Å². The Hall–Kier alpha value is -2.66. The highest BCUT2D eigenvalue weighted by Crippen LogP contribution is 2.18. The molecule has 5 nitrogen and oxygen atoms in total. The van der Waals surface area contributed by atoms with Gasteiger partial charge in [0.05, 0.1) is 12.1 Å². The molecule has 0 spiro atoms. The molecule has 130 valence electrons. The van der Waals surface area contributed by atoms with Crippen LogP contribution in [0.1, 0.15) is 29.8 Å². The van der Waals surface area contributed by atoms with Crippen molar-refractivity contribution in [1.29, 1.82) is 0 Å². The van der Waals surface area contributed by atoms with Gasteiger partial charge < -0.3 is 10.1 Å². The lowest BCUT2D eigenvalue weighted by atomic mass is 10.1. The van der Waals surface area contributed by atoms with E-state index >= 15 is 0 Å². The maximum Gasteiger partial charge on any atom is 0.311 e. The summed E-state index contributed by atoms with van der Waals surface area (Å²) in [6.45, 7) is 2.88. The second kappa shape index (κ2) is 8.44. The van der Waals surface area contributed by atoms with Crippen molar-refractivity contribution in [2.24, 2.45) is 0 Å². The van der Waals surface area contributed by atoms with Crippen LogP contribution in [0, 0.1) is 0 Å². The Bertz CT molecular complexity index is 804. The lowest BCUT2D eigenvalue weighted by Crippen LogP contribution is -2.31. The van der Waals surface area contributed by atoms with Gasteiger partial charge in [-0.2, -0.15) is 0 Å². The Morgan fingerprint density at radius 2 is 1.72 bits per heavy atom. The van der Waals surface area contributed by atoms with Crippen molar-refractivity contribution >= 4 is 34.9 Å². The van der Waals surface area contributed by atoms with Crippen LogP contribution in [0.25, 0.3) is 0 Å². The van der Waals surface area contributed by atoms with E-state index in [0.29, 0.717) is 21.8 Å². The Balaban J connectivity index is 1.98. The van der Waals surface area contributed by atoms with Crippen molar-refractivity contribution in [2.75, 3.05) is 5.32 Å². The molecule has 0 fully saturated rings. The summed E-state index contributed by atoms with van der Waals surface area (Å²) in [5, 5.41) is 3.07. The predicted octanol–water partition coefficient (Wildman–Crippen LogP) is 3.66. The first-order chi connectivity index (χ1) is 11.9. The monoisotopic (exact) mass is 359 g/mol. The molecule has 2 aromatic carbocycles.